The molecule has 2 aromatic carbocycles. The second-order valence-corrected chi connectivity index (χ2v) is 25.6. The molecule has 20 nitrogen and oxygen atoms in total. The zero-order valence-corrected chi connectivity index (χ0v) is 46.8. The smallest absolute Gasteiger partial charge is 0.446 e. The third kappa shape index (κ3) is 15.6. The molecule has 6 rings (SSSR count). The topological polar surface area (TPSA) is 261 Å². The predicted octanol–water partition coefficient (Wildman–Crippen LogP) is 8.55. The molecule has 2 amide bonds. The van der Waals surface area contributed by atoms with Crippen LogP contribution in [0.1, 0.15) is 80.0 Å². The van der Waals surface area contributed by atoms with Crippen molar-refractivity contribution in [3.63, 3.8) is 0 Å². The summed E-state index contributed by atoms with van der Waals surface area (Å²) in [4.78, 5) is 50.2. The number of amides is 2. The van der Waals surface area contributed by atoms with Gasteiger partial charge in [-0.25, -0.2) is 35.0 Å². The SMILES string of the molecule is C[C@@H]1c2c(C(F)(F)F)nn(CC(=O)N[C@@H](Cc3cc(F)cc(F)c3)c3nc(CCC(C)(C)S(C)(=O)=O)ccc3-c3ccc(Cl)c4c(N(C(=O)OCCOCCOCCOP(=O)(O)O)S(C)(=O)=O)nn(CC(F)(F)F)c34)c2C(F)(F)[C@@H]1C. The van der Waals surface area contributed by atoms with Crippen molar-refractivity contribution >= 4 is 68.0 Å². The van der Waals surface area contributed by atoms with E-state index in [4.69, 9.17) is 40.6 Å². The third-order valence-electron chi connectivity index (χ3n) is 13.1. The Morgan fingerprint density at radius 1 is 0.877 bits per heavy atom. The summed E-state index contributed by atoms with van der Waals surface area (Å²) >= 11 is 6.66. The molecule has 1 aliphatic carbocycles. The average molecular weight is 1240 g/mol. The number of ether oxygens (including phenoxy) is 3. The number of aromatic nitrogens is 5. The fourth-order valence-corrected chi connectivity index (χ4v) is 10.5. The van der Waals surface area contributed by atoms with E-state index in [1.807, 2.05) is 0 Å². The molecule has 3 N–H and O–H groups in total. The zero-order chi connectivity index (χ0) is 60.6. The summed E-state index contributed by atoms with van der Waals surface area (Å²) in [7, 11) is -13.4. The maximum Gasteiger partial charge on any atom is 0.469 e. The molecular formula is C47H53ClF10N7O13PS2. The highest BCUT2D eigenvalue weighted by atomic mass is 35.5. The van der Waals surface area contributed by atoms with Gasteiger partial charge in [0.15, 0.2) is 21.3 Å². The van der Waals surface area contributed by atoms with Gasteiger partial charge in [0.2, 0.25) is 15.9 Å². The van der Waals surface area contributed by atoms with Crippen LogP contribution < -0.4 is 9.62 Å². The fourth-order valence-electron chi connectivity index (χ4n) is 8.75. The van der Waals surface area contributed by atoms with Crippen LogP contribution in [0.4, 0.5) is 54.5 Å². The van der Waals surface area contributed by atoms with Gasteiger partial charge in [0.05, 0.1) is 71.7 Å². The second-order valence-electron chi connectivity index (χ2n) is 19.4. The molecule has 448 valence electrons. The number of benzene rings is 2. The number of phosphoric acid groups is 1. The van der Waals surface area contributed by atoms with E-state index in [9.17, 15) is 66.1 Å². The molecule has 3 aromatic heterocycles. The molecule has 34 heteroatoms. The molecular weight excluding hydrogens is 1190 g/mol. The lowest BCUT2D eigenvalue weighted by molar-refractivity contribution is -0.143. The number of aryl methyl sites for hydroxylation is 1. The minimum absolute atomic E-state index is 0.0162. The molecule has 3 heterocycles. The highest BCUT2D eigenvalue weighted by molar-refractivity contribution is 7.92. The normalized spacial score (nSPS) is 16.4. The number of nitrogens with one attached hydrogen (secondary N) is 1. The maximum atomic E-state index is 15.9. The molecule has 0 spiro atoms. The Labute approximate surface area is 461 Å². The highest BCUT2D eigenvalue weighted by Gasteiger charge is 2.57. The quantitative estimate of drug-likeness (QED) is 0.0297. The number of alkyl halides is 8. The van der Waals surface area contributed by atoms with Crippen LogP contribution in [-0.4, -0.2) is 126 Å². The lowest BCUT2D eigenvalue weighted by atomic mass is 9.93. The van der Waals surface area contributed by atoms with Crippen LogP contribution in [0, 0.1) is 17.6 Å². The van der Waals surface area contributed by atoms with Gasteiger partial charge in [0.25, 0.3) is 5.92 Å². The summed E-state index contributed by atoms with van der Waals surface area (Å²) in [5.74, 6) is -11.8. The van der Waals surface area contributed by atoms with Gasteiger partial charge in [-0.2, -0.15) is 49.6 Å². The van der Waals surface area contributed by atoms with Gasteiger partial charge in [-0.05, 0) is 68.9 Å². The summed E-state index contributed by atoms with van der Waals surface area (Å²) < 4.78 is 230. The zero-order valence-electron chi connectivity index (χ0n) is 43.5. The minimum atomic E-state index is -5.28. The number of hydrogen-bond acceptors (Lipinski definition) is 14. The Hall–Kier alpha value is -5.47. The number of pyridine rings is 1. The van der Waals surface area contributed by atoms with Crippen molar-refractivity contribution in [3.8, 4) is 11.1 Å². The Morgan fingerprint density at radius 3 is 2.04 bits per heavy atom. The van der Waals surface area contributed by atoms with Gasteiger partial charge < -0.3 is 29.3 Å². The number of anilines is 1. The van der Waals surface area contributed by atoms with Crippen LogP contribution in [0.5, 0.6) is 0 Å². The lowest BCUT2D eigenvalue weighted by Gasteiger charge is -2.25. The number of rotatable bonds is 24. The number of phosphoric ester groups is 1. The van der Waals surface area contributed by atoms with Crippen LogP contribution in [0.25, 0.3) is 22.0 Å². The molecule has 0 aliphatic heterocycles. The van der Waals surface area contributed by atoms with Crippen LogP contribution in [0.15, 0.2) is 42.5 Å². The molecule has 1 aliphatic rings. The van der Waals surface area contributed by atoms with Crippen LogP contribution >= 0.6 is 19.4 Å². The molecule has 0 saturated heterocycles. The van der Waals surface area contributed by atoms with E-state index in [-0.39, 0.29) is 68.7 Å². The van der Waals surface area contributed by atoms with Gasteiger partial charge in [0.1, 0.15) is 37.0 Å². The maximum absolute atomic E-state index is 15.9. The Balaban J connectivity index is 1.51. The molecule has 0 saturated carbocycles. The van der Waals surface area contributed by atoms with E-state index < -0.39 is 176 Å². The second kappa shape index (κ2) is 24.4. The van der Waals surface area contributed by atoms with E-state index in [0.29, 0.717) is 12.3 Å². The van der Waals surface area contributed by atoms with E-state index in [1.54, 1.807) is 0 Å². The Morgan fingerprint density at radius 2 is 1.47 bits per heavy atom. The van der Waals surface area contributed by atoms with E-state index in [1.165, 1.54) is 26.0 Å². The summed E-state index contributed by atoms with van der Waals surface area (Å²) in [6.07, 6.45) is -11.8. The molecule has 0 radical (unpaired) electrons. The van der Waals surface area contributed by atoms with Crippen LogP contribution in [0.3, 0.4) is 0 Å². The average Bonchev–Trinajstić information content (AvgIpc) is 4.01. The summed E-state index contributed by atoms with van der Waals surface area (Å²) in [6, 6.07) is 4.95. The molecule has 81 heavy (non-hydrogen) atoms. The first kappa shape index (κ1) is 64.7. The number of halogens is 11. The third-order valence-corrected chi connectivity index (χ3v) is 17.1. The summed E-state index contributed by atoms with van der Waals surface area (Å²) in [5.41, 5.74) is -5.75. The van der Waals surface area contributed by atoms with Crippen molar-refractivity contribution in [2.75, 3.05) is 56.5 Å². The number of sulfone groups is 1. The molecule has 3 atom stereocenters. The van der Waals surface area contributed by atoms with Gasteiger partial charge in [0, 0.05) is 40.6 Å². The standard InChI is InChI=1S/C47H53ClF10N7O13PS2/c1-25-26(2)46(54,55)41-36(25)40(47(56,57)58)61-63(41)23-35(66)60-34(21-27-19-28(49)22-29(50)20-27)38-31(8-7-30(59-38)11-12-44(3,4)80(5,71)72)32-9-10-33(48)37-39(32)64(24-45(51,52)53)62-42(37)65(81(6,73)74)43(67)77-17-15-75-13-14-76-16-18-78-79(68,69)70/h7-10,19-20,22,25-26,34H,11-18,21,23-24H2,1-6H3,(H,60,66)(H2,68,69,70)/t25-,26+,34-/m0/s1. The van der Waals surface area contributed by atoms with Crippen molar-refractivity contribution < 1.29 is 103 Å². The van der Waals surface area contributed by atoms with Crippen LogP contribution in [-0.2, 0) is 86.0 Å². The summed E-state index contributed by atoms with van der Waals surface area (Å²) in [5, 5.41) is 8.59. The van der Waals surface area contributed by atoms with Crippen molar-refractivity contribution in [1.29, 1.82) is 0 Å². The first-order valence-corrected chi connectivity index (χ1v) is 29.6. The van der Waals surface area contributed by atoms with Crippen molar-refractivity contribution in [2.24, 2.45) is 5.92 Å². The fraction of sp³-hybridized carbons (Fsp3) is 0.511. The number of sulfonamides is 1. The molecule has 0 unspecified atom stereocenters. The van der Waals surface area contributed by atoms with Crippen molar-refractivity contribution in [2.45, 2.75) is 95.0 Å². The highest BCUT2D eigenvalue weighted by Crippen LogP contribution is 2.55. The summed E-state index contributed by atoms with van der Waals surface area (Å²) in [6.45, 7) is -0.650. The Bertz CT molecular complexity index is 3430. The number of hydrogen-bond donors (Lipinski definition) is 3. The molecule has 0 bridgehead atoms. The largest absolute Gasteiger partial charge is 0.469 e. The minimum Gasteiger partial charge on any atom is -0.446 e. The van der Waals surface area contributed by atoms with Crippen molar-refractivity contribution in [3.05, 3.63) is 93.0 Å². The number of carbonyl (C=O) groups excluding carboxylic acids is 2. The van der Waals surface area contributed by atoms with Gasteiger partial charge >= 0.3 is 26.3 Å². The molecule has 5 aromatic rings. The van der Waals surface area contributed by atoms with Crippen molar-refractivity contribution in [1.82, 2.24) is 29.9 Å². The van der Waals surface area contributed by atoms with Gasteiger partial charge in [-0.1, -0.05) is 37.6 Å². The lowest BCUT2D eigenvalue weighted by Crippen LogP contribution is -2.37. The first-order valence-electron chi connectivity index (χ1n) is 24.0. The number of nitrogens with zero attached hydrogens (tertiary/aromatic N) is 6. The number of carbonyl (C=O) groups is 2. The van der Waals surface area contributed by atoms with E-state index >= 15 is 8.78 Å². The predicted molar refractivity (Wildman–Crippen MR) is 269 cm³/mol. The van der Waals surface area contributed by atoms with Crippen LogP contribution in [0.2, 0.25) is 5.02 Å². The van der Waals surface area contributed by atoms with Gasteiger partial charge in [-0.3, -0.25) is 23.7 Å². The number of fused-ring (bicyclic) bond motifs is 2. The monoisotopic (exact) mass is 1240 g/mol. The van der Waals surface area contributed by atoms with E-state index in [2.05, 4.69) is 20.0 Å². The molecule has 0 fully saturated rings. The van der Waals surface area contributed by atoms with E-state index in [0.717, 1.165) is 44.4 Å². The Kier molecular flexibility index (Phi) is 19.5. The first-order chi connectivity index (χ1) is 37.2. The van der Waals surface area contributed by atoms with Gasteiger partial charge in [-0.15, -0.1) is 0 Å².